The molecule has 138 valence electrons. The molecular weight excluding hydrogens is 362 g/mol. The number of carbonyl (C=O) groups is 1. The Balaban J connectivity index is 1.33. The monoisotopic (exact) mass is 382 g/mol. The highest BCUT2D eigenvalue weighted by Crippen LogP contribution is 2.22. The maximum atomic E-state index is 12.5. The Kier molecular flexibility index (Phi) is 5.23. The van der Waals surface area contributed by atoms with Crippen LogP contribution in [0.15, 0.2) is 65.2 Å². The van der Waals surface area contributed by atoms with E-state index in [4.69, 9.17) is 16.0 Å². The van der Waals surface area contributed by atoms with Gasteiger partial charge in [0.2, 0.25) is 0 Å². The van der Waals surface area contributed by atoms with Crippen LogP contribution in [0.1, 0.15) is 16.2 Å². The van der Waals surface area contributed by atoms with E-state index in [1.165, 1.54) is 4.90 Å². The Labute approximate surface area is 163 Å². The number of oxazole rings is 1. The highest BCUT2D eigenvalue weighted by atomic mass is 35.5. The van der Waals surface area contributed by atoms with Crippen LogP contribution in [0.5, 0.6) is 0 Å². The third-order valence-corrected chi connectivity index (χ3v) is 5.11. The highest BCUT2D eigenvalue weighted by Gasteiger charge is 2.25. The number of carbonyl (C=O) groups excluding carboxylic acids is 1. The molecule has 1 fully saturated rings. The number of quaternary nitrogens is 1. The number of rotatable bonds is 4. The molecule has 3 aromatic rings. The summed E-state index contributed by atoms with van der Waals surface area (Å²) in [6.45, 7) is 3.98. The molecule has 1 N–H and O–H groups in total. The Morgan fingerprint density at radius 1 is 1.07 bits per heavy atom. The molecule has 0 atom stereocenters. The topological polar surface area (TPSA) is 50.8 Å². The zero-order valence-electron chi connectivity index (χ0n) is 14.9. The first-order valence-electron chi connectivity index (χ1n) is 9.07. The Morgan fingerprint density at radius 3 is 2.48 bits per heavy atom. The van der Waals surface area contributed by atoms with Crippen LogP contribution >= 0.6 is 11.6 Å². The summed E-state index contributed by atoms with van der Waals surface area (Å²) in [6.07, 6.45) is 1.76. The van der Waals surface area contributed by atoms with Gasteiger partial charge in [-0.3, -0.25) is 4.79 Å². The SMILES string of the molecule is O=C(c1ccccc1)N1CC[NH+](Cc2ncc(-c3ccc(Cl)cc3)o2)CC1. The van der Waals surface area contributed by atoms with Crippen LogP contribution in [0.3, 0.4) is 0 Å². The lowest BCUT2D eigenvalue weighted by atomic mass is 10.2. The molecule has 0 spiro atoms. The van der Waals surface area contributed by atoms with E-state index in [2.05, 4.69) is 4.98 Å². The van der Waals surface area contributed by atoms with Gasteiger partial charge in [-0.2, -0.15) is 0 Å². The Morgan fingerprint density at radius 2 is 1.78 bits per heavy atom. The van der Waals surface area contributed by atoms with E-state index in [0.717, 1.165) is 55.5 Å². The molecule has 1 aromatic heterocycles. The standard InChI is InChI=1S/C21H20ClN3O2/c22-18-8-6-16(7-9-18)19-14-23-20(27-19)15-24-10-12-25(13-11-24)21(26)17-4-2-1-3-5-17/h1-9,14H,10-13,15H2/p+1. The quantitative estimate of drug-likeness (QED) is 0.754. The average Bonchev–Trinajstić information content (AvgIpc) is 3.18. The van der Waals surface area contributed by atoms with E-state index in [-0.39, 0.29) is 5.91 Å². The van der Waals surface area contributed by atoms with Crippen LogP contribution in [0, 0.1) is 0 Å². The molecule has 0 radical (unpaired) electrons. The zero-order chi connectivity index (χ0) is 18.6. The van der Waals surface area contributed by atoms with Gasteiger partial charge in [0.15, 0.2) is 12.3 Å². The van der Waals surface area contributed by atoms with E-state index in [1.54, 1.807) is 6.20 Å². The van der Waals surface area contributed by atoms with Crippen LogP contribution in [-0.2, 0) is 6.54 Å². The second-order valence-corrected chi connectivity index (χ2v) is 7.15. The molecular formula is C21H21ClN3O2+. The number of nitrogens with one attached hydrogen (secondary N) is 1. The van der Waals surface area contributed by atoms with Gasteiger partial charge in [0.05, 0.1) is 32.4 Å². The third kappa shape index (κ3) is 4.21. The molecule has 1 aliphatic rings. The number of benzene rings is 2. The summed E-state index contributed by atoms with van der Waals surface area (Å²) < 4.78 is 5.90. The molecule has 1 saturated heterocycles. The fourth-order valence-corrected chi connectivity index (χ4v) is 3.45. The summed E-state index contributed by atoms with van der Waals surface area (Å²) in [5.74, 6) is 1.58. The summed E-state index contributed by atoms with van der Waals surface area (Å²) in [4.78, 5) is 20.2. The second-order valence-electron chi connectivity index (χ2n) is 6.71. The number of hydrogen-bond acceptors (Lipinski definition) is 3. The van der Waals surface area contributed by atoms with Crippen LogP contribution in [0.2, 0.25) is 5.02 Å². The van der Waals surface area contributed by atoms with Crippen LogP contribution in [0.4, 0.5) is 0 Å². The molecule has 0 bridgehead atoms. The van der Waals surface area contributed by atoms with Gasteiger partial charge in [-0.25, -0.2) is 4.98 Å². The fraction of sp³-hybridized carbons (Fsp3) is 0.238. The van der Waals surface area contributed by atoms with Crippen molar-refractivity contribution < 1.29 is 14.1 Å². The van der Waals surface area contributed by atoms with Crippen molar-refractivity contribution in [3.63, 3.8) is 0 Å². The number of amides is 1. The summed E-state index contributed by atoms with van der Waals surface area (Å²) >= 11 is 5.93. The molecule has 4 rings (SSSR count). The van der Waals surface area contributed by atoms with Gasteiger partial charge in [-0.05, 0) is 36.4 Å². The lowest BCUT2D eigenvalue weighted by molar-refractivity contribution is -0.918. The first-order chi connectivity index (χ1) is 13.2. The van der Waals surface area contributed by atoms with Gasteiger partial charge in [0, 0.05) is 16.1 Å². The predicted molar refractivity (Wildman–Crippen MR) is 104 cm³/mol. The summed E-state index contributed by atoms with van der Waals surface area (Å²) in [5, 5.41) is 0.700. The summed E-state index contributed by atoms with van der Waals surface area (Å²) in [6, 6.07) is 17.0. The average molecular weight is 383 g/mol. The highest BCUT2D eigenvalue weighted by molar-refractivity contribution is 6.30. The minimum atomic E-state index is 0.107. The fourth-order valence-electron chi connectivity index (χ4n) is 3.32. The van der Waals surface area contributed by atoms with Crippen LogP contribution in [0.25, 0.3) is 11.3 Å². The van der Waals surface area contributed by atoms with Crippen molar-refractivity contribution in [3.8, 4) is 11.3 Å². The van der Waals surface area contributed by atoms with E-state index in [1.807, 2.05) is 59.5 Å². The van der Waals surface area contributed by atoms with Crippen molar-refractivity contribution in [2.45, 2.75) is 6.54 Å². The summed E-state index contributed by atoms with van der Waals surface area (Å²) in [5.41, 5.74) is 1.72. The minimum Gasteiger partial charge on any atom is -0.435 e. The van der Waals surface area contributed by atoms with Crippen LogP contribution < -0.4 is 4.90 Å². The number of aromatic nitrogens is 1. The molecule has 0 aliphatic carbocycles. The van der Waals surface area contributed by atoms with E-state index in [0.29, 0.717) is 5.02 Å². The van der Waals surface area contributed by atoms with Crippen LogP contribution in [-0.4, -0.2) is 42.0 Å². The zero-order valence-corrected chi connectivity index (χ0v) is 15.7. The van der Waals surface area contributed by atoms with Gasteiger partial charge < -0.3 is 14.2 Å². The van der Waals surface area contributed by atoms with Crippen molar-refractivity contribution in [1.29, 1.82) is 0 Å². The molecule has 5 nitrogen and oxygen atoms in total. The maximum Gasteiger partial charge on any atom is 0.254 e. The molecule has 0 unspecified atom stereocenters. The van der Waals surface area contributed by atoms with Crippen molar-refractivity contribution in [2.75, 3.05) is 26.2 Å². The van der Waals surface area contributed by atoms with Crippen molar-refractivity contribution in [3.05, 3.63) is 77.3 Å². The van der Waals surface area contributed by atoms with E-state index >= 15 is 0 Å². The number of nitrogens with zero attached hydrogens (tertiary/aromatic N) is 2. The predicted octanol–water partition coefficient (Wildman–Crippen LogP) is 2.54. The number of hydrogen-bond donors (Lipinski definition) is 1. The number of piperazine rings is 1. The third-order valence-electron chi connectivity index (χ3n) is 4.86. The molecule has 27 heavy (non-hydrogen) atoms. The lowest BCUT2D eigenvalue weighted by Gasteiger charge is -2.31. The van der Waals surface area contributed by atoms with Gasteiger partial charge in [-0.15, -0.1) is 0 Å². The van der Waals surface area contributed by atoms with Gasteiger partial charge in [0.1, 0.15) is 0 Å². The molecule has 1 amide bonds. The Hall–Kier alpha value is -2.63. The molecule has 2 aromatic carbocycles. The van der Waals surface area contributed by atoms with Gasteiger partial charge >= 0.3 is 0 Å². The van der Waals surface area contributed by atoms with Gasteiger partial charge in [0.25, 0.3) is 11.8 Å². The van der Waals surface area contributed by atoms with E-state index in [9.17, 15) is 4.79 Å². The number of halogens is 1. The van der Waals surface area contributed by atoms with Crippen molar-refractivity contribution in [2.24, 2.45) is 0 Å². The Bertz CT molecular complexity index is 901. The molecule has 2 heterocycles. The first-order valence-corrected chi connectivity index (χ1v) is 9.45. The minimum absolute atomic E-state index is 0.107. The van der Waals surface area contributed by atoms with E-state index < -0.39 is 0 Å². The summed E-state index contributed by atoms with van der Waals surface area (Å²) in [7, 11) is 0. The smallest absolute Gasteiger partial charge is 0.254 e. The maximum absolute atomic E-state index is 12.5. The van der Waals surface area contributed by atoms with Crippen molar-refractivity contribution in [1.82, 2.24) is 9.88 Å². The normalized spacial score (nSPS) is 15.1. The largest absolute Gasteiger partial charge is 0.435 e. The van der Waals surface area contributed by atoms with Gasteiger partial charge in [-0.1, -0.05) is 29.8 Å². The first kappa shape index (κ1) is 17.8. The lowest BCUT2D eigenvalue weighted by Crippen LogP contribution is -3.13. The molecule has 1 aliphatic heterocycles. The molecule has 6 heteroatoms. The second kappa shape index (κ2) is 7.94. The molecule has 0 saturated carbocycles. The van der Waals surface area contributed by atoms with Crippen molar-refractivity contribution >= 4 is 17.5 Å².